The smallest absolute Gasteiger partial charge is 0.323 e. The Balaban J connectivity index is 2.28. The molecule has 1 aliphatic carbocycles. The van der Waals surface area contributed by atoms with Crippen molar-refractivity contribution in [3.63, 3.8) is 0 Å². The summed E-state index contributed by atoms with van der Waals surface area (Å²) >= 11 is 0. The largest absolute Gasteiger partial charge is 0.480 e. The number of hydrogen-bond donors (Lipinski definition) is 3. The summed E-state index contributed by atoms with van der Waals surface area (Å²) in [6.07, 6.45) is 4.01. The minimum atomic E-state index is -1.03. The van der Waals surface area contributed by atoms with Crippen LogP contribution in [0.5, 0.6) is 0 Å². The molecule has 5 heteroatoms. The summed E-state index contributed by atoms with van der Waals surface area (Å²) in [7, 11) is 0. The summed E-state index contributed by atoms with van der Waals surface area (Å²) in [6.45, 7) is 1.70. The van der Waals surface area contributed by atoms with Gasteiger partial charge in [0.05, 0.1) is 0 Å². The fourth-order valence-electron chi connectivity index (χ4n) is 1.61. The molecule has 1 fully saturated rings. The van der Waals surface area contributed by atoms with E-state index in [4.69, 9.17) is 5.11 Å². The topological polar surface area (TPSA) is 78.4 Å². The lowest BCUT2D eigenvalue weighted by Crippen LogP contribution is -2.56. The second-order valence-corrected chi connectivity index (χ2v) is 3.69. The van der Waals surface area contributed by atoms with Crippen molar-refractivity contribution in [1.29, 1.82) is 0 Å². The molecular weight excluding hydrogens is 184 g/mol. The van der Waals surface area contributed by atoms with Crippen LogP contribution in [0.4, 0.5) is 4.79 Å². The van der Waals surface area contributed by atoms with Crippen molar-refractivity contribution in [3.8, 4) is 0 Å². The van der Waals surface area contributed by atoms with E-state index in [1.165, 1.54) is 0 Å². The van der Waals surface area contributed by atoms with E-state index >= 15 is 0 Å². The summed E-state index contributed by atoms with van der Waals surface area (Å²) in [5.41, 5.74) is -0.0808. The molecule has 14 heavy (non-hydrogen) atoms. The van der Waals surface area contributed by atoms with Gasteiger partial charge in [-0.05, 0) is 25.7 Å². The van der Waals surface area contributed by atoms with E-state index < -0.39 is 5.97 Å². The number of carbonyl (C=O) groups excluding carboxylic acids is 1. The first-order valence-electron chi connectivity index (χ1n) is 4.86. The van der Waals surface area contributed by atoms with Crippen molar-refractivity contribution in [2.45, 2.75) is 38.1 Å². The predicted molar refractivity (Wildman–Crippen MR) is 51.0 cm³/mol. The first-order valence-corrected chi connectivity index (χ1v) is 4.86. The van der Waals surface area contributed by atoms with Crippen molar-refractivity contribution in [2.75, 3.05) is 6.54 Å². The minimum absolute atomic E-state index is 0.0808. The van der Waals surface area contributed by atoms with E-state index in [0.29, 0.717) is 0 Å². The molecule has 1 aliphatic rings. The average molecular weight is 200 g/mol. The molecule has 80 valence electrons. The molecule has 0 unspecified atom stereocenters. The number of carboxylic acid groups (broad SMARTS) is 1. The van der Waals surface area contributed by atoms with E-state index in [0.717, 1.165) is 25.7 Å². The van der Waals surface area contributed by atoms with Crippen LogP contribution in [0, 0.1) is 0 Å². The maximum Gasteiger partial charge on any atom is 0.323 e. The number of nitrogens with one attached hydrogen (secondary N) is 2. The SMILES string of the molecule is CCC1(NC(=O)NCC(=O)O)CCC1. The molecule has 5 nitrogen and oxygen atoms in total. The number of amides is 2. The number of carboxylic acids is 1. The Hall–Kier alpha value is -1.26. The lowest BCUT2D eigenvalue weighted by Gasteiger charge is -2.41. The van der Waals surface area contributed by atoms with Gasteiger partial charge in [0.2, 0.25) is 0 Å². The van der Waals surface area contributed by atoms with Gasteiger partial charge in [-0.2, -0.15) is 0 Å². The molecule has 2 amide bonds. The maximum absolute atomic E-state index is 11.2. The van der Waals surface area contributed by atoms with Crippen LogP contribution in [0.3, 0.4) is 0 Å². The van der Waals surface area contributed by atoms with Gasteiger partial charge in [-0.15, -0.1) is 0 Å². The summed E-state index contributed by atoms with van der Waals surface area (Å²) in [5.74, 6) is -1.03. The highest BCUT2D eigenvalue weighted by Crippen LogP contribution is 2.34. The lowest BCUT2D eigenvalue weighted by molar-refractivity contribution is -0.135. The van der Waals surface area contributed by atoms with Gasteiger partial charge in [0.15, 0.2) is 0 Å². The summed E-state index contributed by atoms with van der Waals surface area (Å²) in [6, 6.07) is -0.381. The minimum Gasteiger partial charge on any atom is -0.480 e. The van der Waals surface area contributed by atoms with Crippen LogP contribution in [0.1, 0.15) is 32.6 Å². The molecule has 1 rings (SSSR count). The molecule has 0 bridgehead atoms. The van der Waals surface area contributed by atoms with Crippen LogP contribution < -0.4 is 10.6 Å². The molecule has 0 heterocycles. The van der Waals surface area contributed by atoms with E-state index in [-0.39, 0.29) is 18.1 Å². The van der Waals surface area contributed by atoms with Crippen molar-refractivity contribution in [1.82, 2.24) is 10.6 Å². The molecule has 0 aliphatic heterocycles. The molecule has 1 saturated carbocycles. The van der Waals surface area contributed by atoms with Gasteiger partial charge in [-0.1, -0.05) is 6.92 Å². The van der Waals surface area contributed by atoms with Gasteiger partial charge in [0, 0.05) is 5.54 Å². The van der Waals surface area contributed by atoms with Gasteiger partial charge in [0.1, 0.15) is 6.54 Å². The Morgan fingerprint density at radius 2 is 2.07 bits per heavy atom. The fourth-order valence-corrected chi connectivity index (χ4v) is 1.61. The third kappa shape index (κ3) is 2.61. The summed E-state index contributed by atoms with van der Waals surface area (Å²) < 4.78 is 0. The molecule has 0 aromatic heterocycles. The van der Waals surface area contributed by atoms with Crippen molar-refractivity contribution < 1.29 is 14.7 Å². The van der Waals surface area contributed by atoms with Crippen LogP contribution in [0.2, 0.25) is 0 Å². The van der Waals surface area contributed by atoms with Gasteiger partial charge < -0.3 is 15.7 Å². The molecule has 0 spiro atoms. The molecule has 0 aromatic carbocycles. The maximum atomic E-state index is 11.2. The normalized spacial score (nSPS) is 18.1. The Morgan fingerprint density at radius 3 is 2.43 bits per heavy atom. The third-order valence-electron chi connectivity index (χ3n) is 2.77. The molecule has 0 aromatic rings. The monoisotopic (exact) mass is 200 g/mol. The molecule has 0 atom stereocenters. The molecule has 0 saturated heterocycles. The van der Waals surface area contributed by atoms with Crippen molar-refractivity contribution in [3.05, 3.63) is 0 Å². The predicted octanol–water partition coefficient (Wildman–Crippen LogP) is 0.703. The summed E-state index contributed by atoms with van der Waals surface area (Å²) in [4.78, 5) is 21.4. The van der Waals surface area contributed by atoms with E-state index in [9.17, 15) is 9.59 Å². The number of hydrogen-bond acceptors (Lipinski definition) is 2. The van der Waals surface area contributed by atoms with Gasteiger partial charge in [0.25, 0.3) is 0 Å². The highest BCUT2D eigenvalue weighted by molar-refractivity contribution is 5.80. The zero-order chi connectivity index (χ0) is 10.6. The molecular formula is C9H16N2O3. The Morgan fingerprint density at radius 1 is 1.43 bits per heavy atom. The number of urea groups is 1. The number of carbonyl (C=O) groups is 2. The van der Waals surface area contributed by atoms with Crippen molar-refractivity contribution in [2.24, 2.45) is 0 Å². The highest BCUT2D eigenvalue weighted by atomic mass is 16.4. The average Bonchev–Trinajstić information content (AvgIpc) is 2.08. The number of rotatable bonds is 4. The highest BCUT2D eigenvalue weighted by Gasteiger charge is 2.36. The Bertz CT molecular complexity index is 231. The van der Waals surface area contributed by atoms with Crippen LogP contribution >= 0.6 is 0 Å². The zero-order valence-corrected chi connectivity index (χ0v) is 8.30. The molecule has 0 radical (unpaired) electrons. The van der Waals surface area contributed by atoms with Crippen molar-refractivity contribution >= 4 is 12.0 Å². The first-order chi connectivity index (χ1) is 6.58. The first kappa shape index (κ1) is 10.8. The standard InChI is InChI=1S/C9H16N2O3/c1-2-9(4-3-5-9)11-8(14)10-6-7(12)13/h2-6H2,1H3,(H,12,13)(H2,10,11,14). The quantitative estimate of drug-likeness (QED) is 0.625. The molecule has 3 N–H and O–H groups in total. The van der Waals surface area contributed by atoms with Crippen LogP contribution in [-0.2, 0) is 4.79 Å². The summed E-state index contributed by atoms with van der Waals surface area (Å²) in [5, 5.41) is 13.5. The van der Waals surface area contributed by atoms with Gasteiger partial charge in [-0.3, -0.25) is 4.79 Å². The van der Waals surface area contributed by atoms with E-state index in [1.54, 1.807) is 0 Å². The van der Waals surface area contributed by atoms with Crippen LogP contribution in [0.15, 0.2) is 0 Å². The number of aliphatic carboxylic acids is 1. The second-order valence-electron chi connectivity index (χ2n) is 3.69. The van der Waals surface area contributed by atoms with Gasteiger partial charge in [-0.25, -0.2) is 4.79 Å². The van der Waals surface area contributed by atoms with Crippen LogP contribution in [-0.4, -0.2) is 29.2 Å². The lowest BCUT2D eigenvalue weighted by atomic mass is 9.75. The third-order valence-corrected chi connectivity index (χ3v) is 2.77. The van der Waals surface area contributed by atoms with Gasteiger partial charge >= 0.3 is 12.0 Å². The van der Waals surface area contributed by atoms with E-state index in [1.807, 2.05) is 6.92 Å². The fraction of sp³-hybridized carbons (Fsp3) is 0.778. The Labute approximate surface area is 82.9 Å². The Kier molecular flexibility index (Phi) is 3.33. The van der Waals surface area contributed by atoms with Crippen LogP contribution in [0.25, 0.3) is 0 Å². The van der Waals surface area contributed by atoms with E-state index in [2.05, 4.69) is 10.6 Å². The second kappa shape index (κ2) is 4.30. The zero-order valence-electron chi connectivity index (χ0n) is 8.30.